The van der Waals surface area contributed by atoms with Crippen molar-refractivity contribution >= 4 is 20.6 Å². The first-order chi connectivity index (χ1) is 7.36. The molecule has 0 spiro atoms. The minimum absolute atomic E-state index is 0.352. The van der Waals surface area contributed by atoms with Crippen molar-refractivity contribution in [3.05, 3.63) is 60.7 Å². The van der Waals surface area contributed by atoms with Crippen LogP contribution in [0.25, 0.3) is 0 Å². The zero-order chi connectivity index (χ0) is 10.5. The van der Waals surface area contributed by atoms with Crippen LogP contribution in [0.1, 0.15) is 0 Å². The smallest absolute Gasteiger partial charge is 0.155 e. The fourth-order valence-electron chi connectivity index (χ4n) is 1.63. The molecule has 2 aromatic rings. The van der Waals surface area contributed by atoms with Gasteiger partial charge in [0.25, 0.3) is 0 Å². The van der Waals surface area contributed by atoms with Crippen molar-refractivity contribution in [1.82, 2.24) is 0 Å². The quantitative estimate of drug-likeness (QED) is 0.699. The fourth-order valence-corrected chi connectivity index (χ4v) is 3.06. The Bertz CT molecular complexity index is 399. The summed E-state index contributed by atoms with van der Waals surface area (Å²) in [7, 11) is 1.82. The van der Waals surface area contributed by atoms with Crippen LogP contribution in [0, 0.1) is 0 Å². The lowest BCUT2D eigenvalue weighted by atomic mass is 10.3. The zero-order valence-corrected chi connectivity index (χ0v) is 10.3. The lowest BCUT2D eigenvalue weighted by Gasteiger charge is -2.18. The van der Waals surface area contributed by atoms with Crippen molar-refractivity contribution in [2.75, 3.05) is 11.6 Å². The summed E-state index contributed by atoms with van der Waals surface area (Å²) in [6.45, 7) is 0. The van der Waals surface area contributed by atoms with Crippen molar-refractivity contribution in [1.29, 1.82) is 0 Å². The number of hydrogen-bond donors (Lipinski definition) is 0. The molecule has 0 amide bonds. The standard InChI is InChI=1S/C13H15NSi/c1-14(12-8-4-2-5-9-12)15-13-10-6-3-7-11-13/h2-11H,15H2,1H3. The molecule has 0 bridgehead atoms. The average molecular weight is 213 g/mol. The van der Waals surface area contributed by atoms with E-state index in [0.717, 1.165) is 0 Å². The maximum Gasteiger partial charge on any atom is 0.155 e. The number of benzene rings is 2. The van der Waals surface area contributed by atoms with E-state index in [9.17, 15) is 0 Å². The van der Waals surface area contributed by atoms with Gasteiger partial charge in [-0.3, -0.25) is 0 Å². The molecule has 0 unspecified atom stereocenters. The van der Waals surface area contributed by atoms with Gasteiger partial charge >= 0.3 is 0 Å². The number of rotatable bonds is 3. The van der Waals surface area contributed by atoms with Crippen LogP contribution in [0.4, 0.5) is 5.69 Å². The van der Waals surface area contributed by atoms with Crippen molar-refractivity contribution in [2.45, 2.75) is 0 Å². The van der Waals surface area contributed by atoms with Gasteiger partial charge in [0.15, 0.2) is 9.68 Å². The molecule has 0 aliphatic carbocycles. The molecule has 76 valence electrons. The Morgan fingerprint density at radius 3 is 1.93 bits per heavy atom. The number of hydrogen-bond acceptors (Lipinski definition) is 1. The first-order valence-corrected chi connectivity index (χ1v) is 6.50. The van der Waals surface area contributed by atoms with Crippen LogP contribution < -0.4 is 9.75 Å². The fraction of sp³-hybridized carbons (Fsp3) is 0.0769. The van der Waals surface area contributed by atoms with Gasteiger partial charge in [-0.25, -0.2) is 0 Å². The highest BCUT2D eigenvalue weighted by molar-refractivity contribution is 6.57. The van der Waals surface area contributed by atoms with Gasteiger partial charge < -0.3 is 4.57 Å². The maximum atomic E-state index is 2.38. The highest BCUT2D eigenvalue weighted by Crippen LogP contribution is 2.08. The molecular weight excluding hydrogens is 198 g/mol. The van der Waals surface area contributed by atoms with Gasteiger partial charge in [0.05, 0.1) is 0 Å². The van der Waals surface area contributed by atoms with E-state index < -0.39 is 0 Å². The van der Waals surface area contributed by atoms with E-state index in [4.69, 9.17) is 0 Å². The molecule has 2 rings (SSSR count). The van der Waals surface area contributed by atoms with Gasteiger partial charge in [0.1, 0.15) is 0 Å². The van der Waals surface area contributed by atoms with Crippen molar-refractivity contribution in [3.63, 3.8) is 0 Å². The molecule has 0 saturated carbocycles. The Kier molecular flexibility index (Phi) is 3.20. The summed E-state index contributed by atoms with van der Waals surface area (Å²) < 4.78 is 2.38. The van der Waals surface area contributed by atoms with Crippen molar-refractivity contribution < 1.29 is 0 Å². The van der Waals surface area contributed by atoms with Crippen LogP contribution in [0.5, 0.6) is 0 Å². The van der Waals surface area contributed by atoms with E-state index >= 15 is 0 Å². The summed E-state index contributed by atoms with van der Waals surface area (Å²) in [5.41, 5.74) is 1.31. The zero-order valence-electron chi connectivity index (χ0n) is 8.93. The van der Waals surface area contributed by atoms with Crippen LogP contribution in [0.2, 0.25) is 0 Å². The highest BCUT2D eigenvalue weighted by Gasteiger charge is 2.00. The molecule has 1 nitrogen and oxygen atoms in total. The molecule has 0 heterocycles. The number of para-hydroxylation sites is 1. The van der Waals surface area contributed by atoms with E-state index in [1.165, 1.54) is 10.9 Å². The normalized spacial score (nSPS) is 10.7. The first kappa shape index (κ1) is 9.99. The Morgan fingerprint density at radius 2 is 1.33 bits per heavy atom. The molecule has 0 atom stereocenters. The molecule has 0 N–H and O–H groups in total. The third kappa shape index (κ3) is 2.70. The predicted octanol–water partition coefficient (Wildman–Crippen LogP) is 1.53. The predicted molar refractivity (Wildman–Crippen MR) is 69.5 cm³/mol. The van der Waals surface area contributed by atoms with E-state index in [2.05, 4.69) is 72.3 Å². The Hall–Kier alpha value is -1.54. The minimum atomic E-state index is -0.352. The van der Waals surface area contributed by atoms with Crippen LogP contribution >= 0.6 is 0 Å². The number of nitrogens with zero attached hydrogens (tertiary/aromatic N) is 1. The van der Waals surface area contributed by atoms with Gasteiger partial charge in [0.2, 0.25) is 0 Å². The van der Waals surface area contributed by atoms with Crippen LogP contribution in [0.15, 0.2) is 60.7 Å². The van der Waals surface area contributed by atoms with E-state index in [0.29, 0.717) is 0 Å². The Morgan fingerprint density at radius 1 is 0.800 bits per heavy atom. The van der Waals surface area contributed by atoms with E-state index in [1.807, 2.05) is 0 Å². The summed E-state index contributed by atoms with van der Waals surface area (Å²) in [4.78, 5) is 0. The summed E-state index contributed by atoms with van der Waals surface area (Å²) in [5, 5.41) is 1.48. The summed E-state index contributed by atoms with van der Waals surface area (Å²) in [6, 6.07) is 21.3. The van der Waals surface area contributed by atoms with Gasteiger partial charge in [-0.05, 0) is 24.4 Å². The second-order valence-electron chi connectivity index (χ2n) is 3.68. The monoisotopic (exact) mass is 213 g/mol. The summed E-state index contributed by atoms with van der Waals surface area (Å²) >= 11 is 0. The topological polar surface area (TPSA) is 3.24 Å². The van der Waals surface area contributed by atoms with E-state index in [1.54, 1.807) is 0 Å². The Balaban J connectivity index is 2.08. The van der Waals surface area contributed by atoms with E-state index in [-0.39, 0.29) is 9.68 Å². The molecular formula is C13H15NSi. The molecule has 2 aromatic carbocycles. The first-order valence-electron chi connectivity index (χ1n) is 5.16. The molecule has 0 aliphatic rings. The molecule has 0 radical (unpaired) electrons. The van der Waals surface area contributed by atoms with Gasteiger partial charge in [-0.2, -0.15) is 0 Å². The minimum Gasteiger partial charge on any atom is -0.401 e. The average Bonchev–Trinajstić information content (AvgIpc) is 2.31. The second kappa shape index (κ2) is 4.80. The molecule has 2 heteroatoms. The van der Waals surface area contributed by atoms with Crippen molar-refractivity contribution in [3.8, 4) is 0 Å². The lowest BCUT2D eigenvalue weighted by molar-refractivity contribution is 1.33. The highest BCUT2D eigenvalue weighted by atomic mass is 28.2. The van der Waals surface area contributed by atoms with Gasteiger partial charge in [0, 0.05) is 5.69 Å². The molecule has 0 aliphatic heterocycles. The van der Waals surface area contributed by atoms with Crippen LogP contribution in [-0.4, -0.2) is 16.7 Å². The largest absolute Gasteiger partial charge is 0.401 e. The third-order valence-corrected chi connectivity index (χ3v) is 4.14. The van der Waals surface area contributed by atoms with Crippen molar-refractivity contribution in [2.24, 2.45) is 0 Å². The number of anilines is 1. The molecule has 0 saturated heterocycles. The summed E-state index contributed by atoms with van der Waals surface area (Å²) in [6.07, 6.45) is 0. The Labute approximate surface area is 93.3 Å². The maximum absolute atomic E-state index is 2.38. The molecule has 0 aromatic heterocycles. The second-order valence-corrected chi connectivity index (χ2v) is 5.76. The van der Waals surface area contributed by atoms with Gasteiger partial charge in [-0.15, -0.1) is 0 Å². The summed E-state index contributed by atoms with van der Waals surface area (Å²) in [5.74, 6) is 0. The molecule has 0 fully saturated rings. The third-order valence-electron chi connectivity index (χ3n) is 2.46. The SMILES string of the molecule is CN([SiH2]c1ccccc1)c1ccccc1. The van der Waals surface area contributed by atoms with Gasteiger partial charge in [-0.1, -0.05) is 48.5 Å². The van der Waals surface area contributed by atoms with Crippen LogP contribution in [0.3, 0.4) is 0 Å². The lowest BCUT2D eigenvalue weighted by Crippen LogP contribution is -2.32. The van der Waals surface area contributed by atoms with Crippen LogP contribution in [-0.2, 0) is 0 Å². The molecule has 15 heavy (non-hydrogen) atoms.